The van der Waals surface area contributed by atoms with Crippen LogP contribution in [0.4, 0.5) is 0 Å². The SMILES string of the molecule is C1CCCCC1.[Al]. The van der Waals surface area contributed by atoms with Crippen LogP contribution in [-0.4, -0.2) is 17.4 Å². The fraction of sp³-hybridized carbons (Fsp3) is 1.00. The van der Waals surface area contributed by atoms with E-state index in [9.17, 15) is 0 Å². The molecule has 0 saturated heterocycles. The van der Waals surface area contributed by atoms with E-state index < -0.39 is 0 Å². The van der Waals surface area contributed by atoms with Crippen molar-refractivity contribution in [2.45, 2.75) is 38.5 Å². The summed E-state index contributed by atoms with van der Waals surface area (Å²) >= 11 is 0. The van der Waals surface area contributed by atoms with E-state index >= 15 is 0 Å². The van der Waals surface area contributed by atoms with Gasteiger partial charge in [-0.15, -0.1) is 0 Å². The molecule has 39 valence electrons. The van der Waals surface area contributed by atoms with Crippen molar-refractivity contribution >= 4 is 17.4 Å². The minimum absolute atomic E-state index is 0. The summed E-state index contributed by atoms with van der Waals surface area (Å²) in [7, 11) is 0. The van der Waals surface area contributed by atoms with Crippen LogP contribution in [-0.2, 0) is 0 Å². The van der Waals surface area contributed by atoms with Gasteiger partial charge in [0.05, 0.1) is 0 Å². The zero-order valence-electron chi connectivity index (χ0n) is 4.82. The van der Waals surface area contributed by atoms with E-state index in [1.807, 2.05) is 0 Å². The maximum absolute atomic E-state index is 1.50. The molecular weight excluding hydrogens is 99.0 g/mol. The first kappa shape index (κ1) is 7.53. The lowest BCUT2D eigenvalue weighted by Gasteiger charge is -2.05. The van der Waals surface area contributed by atoms with Crippen molar-refractivity contribution in [2.75, 3.05) is 0 Å². The molecule has 0 nitrogen and oxygen atoms in total. The second kappa shape index (κ2) is 4.69. The molecule has 1 aliphatic rings. The molecule has 1 saturated carbocycles. The average molecular weight is 111 g/mol. The Bertz CT molecular complexity index is 19.7. The van der Waals surface area contributed by atoms with Gasteiger partial charge in [-0.25, -0.2) is 0 Å². The fourth-order valence-electron chi connectivity index (χ4n) is 1.06. The van der Waals surface area contributed by atoms with Crippen molar-refractivity contribution in [3.05, 3.63) is 0 Å². The van der Waals surface area contributed by atoms with Crippen molar-refractivity contribution in [1.29, 1.82) is 0 Å². The summed E-state index contributed by atoms with van der Waals surface area (Å²) in [4.78, 5) is 0. The summed E-state index contributed by atoms with van der Waals surface area (Å²) in [6, 6.07) is 0. The Kier molecular flexibility index (Phi) is 5.04. The highest BCUT2D eigenvalue weighted by Gasteiger charge is 1.95. The van der Waals surface area contributed by atoms with Gasteiger partial charge in [-0.3, -0.25) is 0 Å². The largest absolute Gasteiger partial charge is 0.0533 e. The van der Waals surface area contributed by atoms with Crippen molar-refractivity contribution in [2.24, 2.45) is 0 Å². The topological polar surface area (TPSA) is 0 Å². The standard InChI is InChI=1S/C6H12.Al/c1-2-4-6-5-3-1;/h1-6H2;. The molecule has 1 rings (SSSR count). The van der Waals surface area contributed by atoms with Gasteiger partial charge >= 0.3 is 0 Å². The Morgan fingerprint density at radius 1 is 0.429 bits per heavy atom. The highest BCUT2D eigenvalue weighted by atomic mass is 27.0. The van der Waals surface area contributed by atoms with Crippen LogP contribution in [0.5, 0.6) is 0 Å². The van der Waals surface area contributed by atoms with E-state index in [0.717, 1.165) is 0 Å². The molecule has 0 N–H and O–H groups in total. The molecule has 0 aromatic heterocycles. The lowest BCUT2D eigenvalue weighted by molar-refractivity contribution is 0.504. The van der Waals surface area contributed by atoms with E-state index in [4.69, 9.17) is 0 Å². The van der Waals surface area contributed by atoms with E-state index in [2.05, 4.69) is 0 Å². The molecule has 1 heteroatoms. The fourth-order valence-corrected chi connectivity index (χ4v) is 1.06. The van der Waals surface area contributed by atoms with Crippen LogP contribution in [0.25, 0.3) is 0 Å². The van der Waals surface area contributed by atoms with Gasteiger partial charge in [0.15, 0.2) is 0 Å². The third-order valence-corrected chi connectivity index (χ3v) is 1.50. The van der Waals surface area contributed by atoms with E-state index in [-0.39, 0.29) is 17.4 Å². The zero-order chi connectivity index (χ0) is 4.24. The summed E-state index contributed by atoms with van der Waals surface area (Å²) in [5.74, 6) is 0. The molecule has 1 aliphatic carbocycles. The monoisotopic (exact) mass is 111 g/mol. The van der Waals surface area contributed by atoms with Gasteiger partial charge in [0.25, 0.3) is 0 Å². The summed E-state index contributed by atoms with van der Waals surface area (Å²) in [5.41, 5.74) is 0. The maximum Gasteiger partial charge on any atom is 0 e. The Balaban J connectivity index is 0.000000360. The molecule has 0 aliphatic heterocycles. The summed E-state index contributed by atoms with van der Waals surface area (Å²) in [6.07, 6.45) is 9.00. The molecule has 3 radical (unpaired) electrons. The van der Waals surface area contributed by atoms with Crippen molar-refractivity contribution in [1.82, 2.24) is 0 Å². The highest BCUT2D eigenvalue weighted by Crippen LogP contribution is 2.15. The second-order valence-corrected chi connectivity index (χ2v) is 2.12. The lowest BCUT2D eigenvalue weighted by Crippen LogP contribution is -1.85. The van der Waals surface area contributed by atoms with Gasteiger partial charge in [0.1, 0.15) is 0 Å². The third-order valence-electron chi connectivity index (χ3n) is 1.50. The Hall–Kier alpha value is 0.532. The Morgan fingerprint density at radius 3 is 0.714 bits per heavy atom. The zero-order valence-corrected chi connectivity index (χ0v) is 5.97. The first-order valence-electron chi connectivity index (χ1n) is 3.00. The molecule has 1 fully saturated rings. The first-order chi connectivity index (χ1) is 3.00. The average Bonchev–Trinajstić information content (AvgIpc) is 1.72. The van der Waals surface area contributed by atoms with Crippen molar-refractivity contribution < 1.29 is 0 Å². The smallest absolute Gasteiger partial charge is 0 e. The van der Waals surface area contributed by atoms with E-state index in [1.165, 1.54) is 38.5 Å². The summed E-state index contributed by atoms with van der Waals surface area (Å²) < 4.78 is 0. The van der Waals surface area contributed by atoms with Crippen molar-refractivity contribution in [3.63, 3.8) is 0 Å². The molecule has 0 aromatic rings. The van der Waals surface area contributed by atoms with Gasteiger partial charge in [-0.05, 0) is 0 Å². The minimum atomic E-state index is 0. The lowest BCUT2D eigenvalue weighted by atomic mass is 10.0. The van der Waals surface area contributed by atoms with Crippen LogP contribution in [0.3, 0.4) is 0 Å². The van der Waals surface area contributed by atoms with Gasteiger partial charge in [-0.1, -0.05) is 38.5 Å². The minimum Gasteiger partial charge on any atom is -0.0533 e. The van der Waals surface area contributed by atoms with Crippen LogP contribution in [0.15, 0.2) is 0 Å². The maximum atomic E-state index is 1.50. The van der Waals surface area contributed by atoms with Crippen LogP contribution >= 0.6 is 0 Å². The molecule has 0 amide bonds. The first-order valence-corrected chi connectivity index (χ1v) is 3.00. The molecular formula is C6H12Al. The quantitative estimate of drug-likeness (QED) is 0.419. The number of hydrogen-bond acceptors (Lipinski definition) is 0. The number of hydrogen-bond donors (Lipinski definition) is 0. The molecule has 0 aromatic carbocycles. The van der Waals surface area contributed by atoms with Gasteiger partial charge in [-0.2, -0.15) is 0 Å². The molecule has 0 spiro atoms. The van der Waals surface area contributed by atoms with Crippen LogP contribution < -0.4 is 0 Å². The van der Waals surface area contributed by atoms with E-state index in [0.29, 0.717) is 0 Å². The van der Waals surface area contributed by atoms with Crippen molar-refractivity contribution in [3.8, 4) is 0 Å². The normalized spacial score (nSPS) is 20.6. The third kappa shape index (κ3) is 3.14. The highest BCUT2D eigenvalue weighted by molar-refractivity contribution is 5.75. The predicted molar refractivity (Wildman–Crippen MR) is 33.5 cm³/mol. The second-order valence-electron chi connectivity index (χ2n) is 2.12. The molecule has 0 unspecified atom stereocenters. The molecule has 0 heterocycles. The summed E-state index contributed by atoms with van der Waals surface area (Å²) in [6.45, 7) is 0. The van der Waals surface area contributed by atoms with Crippen LogP contribution in [0, 0.1) is 0 Å². The van der Waals surface area contributed by atoms with Gasteiger partial charge < -0.3 is 0 Å². The Labute approximate surface area is 56.4 Å². The Morgan fingerprint density at radius 2 is 0.571 bits per heavy atom. The molecule has 0 bridgehead atoms. The van der Waals surface area contributed by atoms with Gasteiger partial charge in [0, 0.05) is 17.4 Å². The summed E-state index contributed by atoms with van der Waals surface area (Å²) in [5, 5.41) is 0. The van der Waals surface area contributed by atoms with Crippen LogP contribution in [0.2, 0.25) is 0 Å². The number of rotatable bonds is 0. The predicted octanol–water partition coefficient (Wildman–Crippen LogP) is 1.96. The molecule has 0 atom stereocenters. The molecule has 7 heavy (non-hydrogen) atoms. The van der Waals surface area contributed by atoms with Crippen LogP contribution in [0.1, 0.15) is 38.5 Å². The van der Waals surface area contributed by atoms with E-state index in [1.54, 1.807) is 0 Å². The van der Waals surface area contributed by atoms with Gasteiger partial charge in [0.2, 0.25) is 0 Å².